The number of carbonyl (C=O) groups is 1. The molecule has 0 bridgehead atoms. The molecule has 0 radical (unpaired) electrons. The molecular weight excluding hydrogens is 162 g/mol. The number of hydrogen-bond acceptors (Lipinski definition) is 5. The topological polar surface area (TPSA) is 70.8 Å². The molecule has 0 fully saturated rings. The monoisotopic (exact) mass is 177 g/mol. The van der Waals surface area contributed by atoms with E-state index in [9.17, 15) is 4.79 Å². The number of hydrogen-bond donors (Lipinski definition) is 1. The van der Waals surface area contributed by atoms with Gasteiger partial charge >= 0.3 is 5.97 Å². The molecule has 0 aromatic rings. The molecule has 0 aliphatic carbocycles. The van der Waals surface area contributed by atoms with Crippen LogP contribution in [-0.2, 0) is 19.0 Å². The van der Waals surface area contributed by atoms with E-state index in [-0.39, 0.29) is 13.4 Å². The Balaban J connectivity index is 3.78. The Bertz CT molecular complexity index is 146. The number of methoxy groups -OCH3 is 2. The summed E-state index contributed by atoms with van der Waals surface area (Å²) < 4.78 is 14.0. The average molecular weight is 177 g/mol. The van der Waals surface area contributed by atoms with Crippen LogP contribution in [0.15, 0.2) is 0 Å². The first kappa shape index (κ1) is 11.4. The zero-order valence-corrected chi connectivity index (χ0v) is 7.62. The van der Waals surface area contributed by atoms with Crippen LogP contribution < -0.4 is 5.73 Å². The quantitative estimate of drug-likeness (QED) is 0.348. The molecule has 12 heavy (non-hydrogen) atoms. The van der Waals surface area contributed by atoms with Gasteiger partial charge in [0.05, 0.1) is 13.7 Å². The maximum Gasteiger partial charge on any atom is 0.327 e. The third kappa shape index (κ3) is 3.66. The van der Waals surface area contributed by atoms with Gasteiger partial charge in [0, 0.05) is 7.11 Å². The summed E-state index contributed by atoms with van der Waals surface area (Å²) in [5.41, 5.74) is 4.45. The lowest BCUT2D eigenvalue weighted by atomic mass is 10.1. The normalized spacial score (nSPS) is 15.3. The molecular formula is C7H15NO4. The van der Waals surface area contributed by atoms with Gasteiger partial charge in [0.15, 0.2) is 0 Å². The van der Waals surface area contributed by atoms with Crippen LogP contribution in [-0.4, -0.2) is 39.1 Å². The number of nitrogens with two attached hydrogens (primary N) is 1. The third-order valence-electron chi connectivity index (χ3n) is 1.25. The minimum atomic E-state index is -1.10. The van der Waals surface area contributed by atoms with Gasteiger partial charge in [0.1, 0.15) is 12.3 Å². The van der Waals surface area contributed by atoms with Crippen molar-refractivity contribution in [1.82, 2.24) is 0 Å². The second-order valence-electron chi connectivity index (χ2n) is 2.66. The SMILES string of the molecule is COCOC[C@](C)(N)C(=O)OC. The fourth-order valence-corrected chi connectivity index (χ4v) is 0.629. The lowest BCUT2D eigenvalue weighted by Gasteiger charge is -2.20. The van der Waals surface area contributed by atoms with Gasteiger partial charge in [-0.1, -0.05) is 0 Å². The summed E-state index contributed by atoms with van der Waals surface area (Å²) in [7, 11) is 2.77. The predicted octanol–water partition coefficient (Wildman–Crippen LogP) is -0.503. The van der Waals surface area contributed by atoms with E-state index in [0.29, 0.717) is 0 Å². The standard InChI is InChI=1S/C7H15NO4/c1-7(8,6(9)11-3)4-12-5-10-2/h4-5,8H2,1-3H3/t7-/m0/s1. The highest BCUT2D eigenvalue weighted by Crippen LogP contribution is 2.02. The van der Waals surface area contributed by atoms with E-state index in [1.165, 1.54) is 21.1 Å². The Morgan fingerprint density at radius 1 is 1.50 bits per heavy atom. The largest absolute Gasteiger partial charge is 0.468 e. The first-order chi connectivity index (χ1) is 5.54. The highest BCUT2D eigenvalue weighted by Gasteiger charge is 2.29. The van der Waals surface area contributed by atoms with Crippen LogP contribution >= 0.6 is 0 Å². The Hall–Kier alpha value is -0.650. The third-order valence-corrected chi connectivity index (χ3v) is 1.25. The molecule has 0 saturated heterocycles. The molecule has 0 heterocycles. The second-order valence-corrected chi connectivity index (χ2v) is 2.66. The summed E-state index contributed by atoms with van der Waals surface area (Å²) in [5.74, 6) is -0.501. The summed E-state index contributed by atoms with van der Waals surface area (Å²) in [6.07, 6.45) is 0. The summed E-state index contributed by atoms with van der Waals surface area (Å²) >= 11 is 0. The minimum absolute atomic E-state index is 0.0769. The van der Waals surface area contributed by atoms with Crippen molar-refractivity contribution in [3.8, 4) is 0 Å². The van der Waals surface area contributed by atoms with Crippen LogP contribution in [0.5, 0.6) is 0 Å². The minimum Gasteiger partial charge on any atom is -0.468 e. The van der Waals surface area contributed by atoms with Gasteiger partial charge in [-0.15, -0.1) is 0 Å². The smallest absolute Gasteiger partial charge is 0.327 e. The van der Waals surface area contributed by atoms with E-state index in [4.69, 9.17) is 10.5 Å². The first-order valence-corrected chi connectivity index (χ1v) is 3.48. The Morgan fingerprint density at radius 2 is 2.08 bits per heavy atom. The maximum atomic E-state index is 11.0. The van der Waals surface area contributed by atoms with Crippen molar-refractivity contribution < 1.29 is 19.0 Å². The molecule has 5 heteroatoms. The number of rotatable bonds is 5. The van der Waals surface area contributed by atoms with E-state index in [1.807, 2.05) is 0 Å². The predicted molar refractivity (Wildman–Crippen MR) is 42.4 cm³/mol. The van der Waals surface area contributed by atoms with Gasteiger partial charge in [0.2, 0.25) is 0 Å². The molecule has 0 amide bonds. The molecule has 5 nitrogen and oxygen atoms in total. The second kappa shape index (κ2) is 5.08. The van der Waals surface area contributed by atoms with Crippen molar-refractivity contribution in [2.45, 2.75) is 12.5 Å². The van der Waals surface area contributed by atoms with Crippen molar-refractivity contribution in [2.75, 3.05) is 27.6 Å². The lowest BCUT2D eigenvalue weighted by molar-refractivity contribution is -0.150. The molecule has 2 N–H and O–H groups in total. The summed E-state index contributed by atoms with van der Waals surface area (Å²) in [6.45, 7) is 1.73. The van der Waals surface area contributed by atoms with Gasteiger partial charge in [-0.3, -0.25) is 0 Å². The maximum absolute atomic E-state index is 11.0. The van der Waals surface area contributed by atoms with Crippen molar-refractivity contribution in [3.05, 3.63) is 0 Å². The van der Waals surface area contributed by atoms with E-state index in [0.717, 1.165) is 0 Å². The molecule has 0 saturated carbocycles. The van der Waals surface area contributed by atoms with E-state index < -0.39 is 11.5 Å². The summed E-state index contributed by atoms with van der Waals surface area (Å²) in [5, 5.41) is 0. The fraction of sp³-hybridized carbons (Fsp3) is 0.857. The van der Waals surface area contributed by atoms with Gasteiger partial charge in [0.25, 0.3) is 0 Å². The van der Waals surface area contributed by atoms with Crippen LogP contribution in [0, 0.1) is 0 Å². The van der Waals surface area contributed by atoms with Crippen LogP contribution in [0.25, 0.3) is 0 Å². The first-order valence-electron chi connectivity index (χ1n) is 3.48. The number of ether oxygens (including phenoxy) is 3. The van der Waals surface area contributed by atoms with E-state index in [1.54, 1.807) is 0 Å². The van der Waals surface area contributed by atoms with E-state index >= 15 is 0 Å². The molecule has 1 atom stereocenters. The fourth-order valence-electron chi connectivity index (χ4n) is 0.629. The van der Waals surface area contributed by atoms with Crippen molar-refractivity contribution in [2.24, 2.45) is 5.73 Å². The Labute approximate surface area is 71.8 Å². The molecule has 0 aromatic carbocycles. The zero-order chi connectivity index (χ0) is 9.61. The molecule has 0 aliphatic rings. The average Bonchev–Trinajstić information content (AvgIpc) is 2.03. The summed E-state index contributed by atoms with van der Waals surface area (Å²) in [6, 6.07) is 0. The highest BCUT2D eigenvalue weighted by molar-refractivity contribution is 5.80. The lowest BCUT2D eigenvalue weighted by Crippen LogP contribution is -2.49. The zero-order valence-electron chi connectivity index (χ0n) is 7.62. The molecule has 0 aliphatic heterocycles. The molecule has 72 valence electrons. The molecule has 0 spiro atoms. The molecule has 0 unspecified atom stereocenters. The van der Waals surface area contributed by atoms with Gasteiger partial charge in [-0.2, -0.15) is 0 Å². The Kier molecular flexibility index (Phi) is 4.80. The summed E-state index contributed by atoms with van der Waals surface area (Å²) in [4.78, 5) is 11.0. The van der Waals surface area contributed by atoms with Crippen molar-refractivity contribution >= 4 is 5.97 Å². The van der Waals surface area contributed by atoms with E-state index in [2.05, 4.69) is 9.47 Å². The number of carbonyl (C=O) groups excluding carboxylic acids is 1. The Morgan fingerprint density at radius 3 is 2.50 bits per heavy atom. The van der Waals surface area contributed by atoms with Gasteiger partial charge in [-0.25, -0.2) is 4.79 Å². The van der Waals surface area contributed by atoms with Crippen LogP contribution in [0.1, 0.15) is 6.92 Å². The molecule has 0 aromatic heterocycles. The molecule has 0 rings (SSSR count). The van der Waals surface area contributed by atoms with Gasteiger partial charge in [-0.05, 0) is 6.92 Å². The van der Waals surface area contributed by atoms with Crippen LogP contribution in [0.4, 0.5) is 0 Å². The van der Waals surface area contributed by atoms with Crippen LogP contribution in [0.2, 0.25) is 0 Å². The van der Waals surface area contributed by atoms with Gasteiger partial charge < -0.3 is 19.9 Å². The number of esters is 1. The highest BCUT2D eigenvalue weighted by atomic mass is 16.7. The van der Waals surface area contributed by atoms with Crippen LogP contribution in [0.3, 0.4) is 0 Å². The van der Waals surface area contributed by atoms with Crippen molar-refractivity contribution in [3.63, 3.8) is 0 Å². The van der Waals surface area contributed by atoms with Crippen molar-refractivity contribution in [1.29, 1.82) is 0 Å².